The molecule has 0 aromatic rings. The van der Waals surface area contributed by atoms with Crippen LogP contribution in [0.5, 0.6) is 0 Å². The van der Waals surface area contributed by atoms with Crippen LogP contribution in [0.3, 0.4) is 0 Å². The van der Waals surface area contributed by atoms with Gasteiger partial charge in [0, 0.05) is 5.54 Å². The van der Waals surface area contributed by atoms with E-state index in [9.17, 15) is 0 Å². The maximum absolute atomic E-state index is 3.58. The molecule has 1 N–H and O–H groups in total. The predicted octanol–water partition coefficient (Wildman–Crippen LogP) is 2.42. The second kappa shape index (κ2) is 3.14. The van der Waals surface area contributed by atoms with E-state index < -0.39 is 0 Å². The minimum Gasteiger partial charge on any atom is -0.311 e. The molecular weight excluding hydrogens is 134 g/mol. The average molecular weight is 155 g/mol. The summed E-state index contributed by atoms with van der Waals surface area (Å²) in [7, 11) is 0. The Kier molecular flexibility index (Phi) is 2.58. The summed E-state index contributed by atoms with van der Waals surface area (Å²) in [6, 6.07) is 0. The summed E-state index contributed by atoms with van der Waals surface area (Å²) in [5, 5.41) is 3.58. The highest BCUT2D eigenvalue weighted by atomic mass is 15.0. The topological polar surface area (TPSA) is 12.0 Å². The van der Waals surface area contributed by atoms with Crippen LogP contribution in [0, 0.1) is 11.8 Å². The van der Waals surface area contributed by atoms with Gasteiger partial charge in [0.2, 0.25) is 0 Å². The maximum atomic E-state index is 3.58. The summed E-state index contributed by atoms with van der Waals surface area (Å²) in [5.74, 6) is 1.75. The lowest BCUT2D eigenvalue weighted by Gasteiger charge is -2.28. The van der Waals surface area contributed by atoms with Gasteiger partial charge in [-0.3, -0.25) is 0 Å². The minimum atomic E-state index is 0.384. The predicted molar refractivity (Wildman–Crippen MR) is 49.6 cm³/mol. The van der Waals surface area contributed by atoms with Crippen LogP contribution in [0.4, 0.5) is 0 Å². The zero-order chi connectivity index (χ0) is 8.48. The number of rotatable bonds is 2. The van der Waals surface area contributed by atoms with Crippen molar-refractivity contribution in [3.05, 3.63) is 0 Å². The zero-order valence-electron chi connectivity index (χ0n) is 8.28. The smallest absolute Gasteiger partial charge is 0.0156 e. The third kappa shape index (κ3) is 1.76. The van der Waals surface area contributed by atoms with Crippen LogP contribution in [0.1, 0.15) is 40.5 Å². The van der Waals surface area contributed by atoms with Crippen molar-refractivity contribution < 1.29 is 0 Å². The van der Waals surface area contributed by atoms with Gasteiger partial charge in [-0.25, -0.2) is 0 Å². The summed E-state index contributed by atoms with van der Waals surface area (Å²) in [6.07, 6.45) is 2.70. The van der Waals surface area contributed by atoms with Crippen LogP contribution in [0.15, 0.2) is 0 Å². The lowest BCUT2D eigenvalue weighted by molar-refractivity contribution is 0.276. The normalized spacial score (nSPS) is 36.0. The number of nitrogens with one attached hydrogen (secondary N) is 1. The molecule has 2 unspecified atom stereocenters. The first-order chi connectivity index (χ1) is 5.08. The van der Waals surface area contributed by atoms with Crippen LogP contribution in [-0.2, 0) is 0 Å². The van der Waals surface area contributed by atoms with Crippen molar-refractivity contribution in [3.8, 4) is 0 Å². The molecule has 0 aromatic carbocycles. The van der Waals surface area contributed by atoms with Gasteiger partial charge in [-0.15, -0.1) is 0 Å². The standard InChI is InChI=1S/C10H21N/c1-5-6-9-8(2)7-11-10(9,3)4/h8-9,11H,5-7H2,1-4H3. The number of hydrogen-bond donors (Lipinski definition) is 1. The molecule has 1 aliphatic rings. The largest absolute Gasteiger partial charge is 0.311 e. The van der Waals surface area contributed by atoms with E-state index in [-0.39, 0.29) is 0 Å². The van der Waals surface area contributed by atoms with E-state index in [4.69, 9.17) is 0 Å². The molecule has 0 amide bonds. The Bertz CT molecular complexity index is 129. The van der Waals surface area contributed by atoms with Crippen molar-refractivity contribution in [3.63, 3.8) is 0 Å². The fourth-order valence-electron chi connectivity index (χ4n) is 2.37. The molecule has 0 saturated carbocycles. The Balaban J connectivity index is 2.57. The Labute approximate surface area is 70.6 Å². The highest BCUT2D eigenvalue weighted by molar-refractivity contribution is 4.95. The van der Waals surface area contributed by atoms with Gasteiger partial charge in [0.05, 0.1) is 0 Å². The molecule has 11 heavy (non-hydrogen) atoms. The van der Waals surface area contributed by atoms with Gasteiger partial charge in [0.15, 0.2) is 0 Å². The van der Waals surface area contributed by atoms with Crippen molar-refractivity contribution >= 4 is 0 Å². The summed E-state index contributed by atoms with van der Waals surface area (Å²) >= 11 is 0. The molecule has 1 rings (SSSR count). The molecule has 0 bridgehead atoms. The molecule has 0 radical (unpaired) electrons. The summed E-state index contributed by atoms with van der Waals surface area (Å²) in [6.45, 7) is 10.5. The molecule has 1 fully saturated rings. The van der Waals surface area contributed by atoms with Crippen LogP contribution >= 0.6 is 0 Å². The Morgan fingerprint density at radius 2 is 2.09 bits per heavy atom. The maximum Gasteiger partial charge on any atom is 0.0156 e. The lowest BCUT2D eigenvalue weighted by atomic mass is 9.80. The highest BCUT2D eigenvalue weighted by Gasteiger charge is 2.37. The van der Waals surface area contributed by atoms with Crippen LogP contribution in [0.25, 0.3) is 0 Å². The minimum absolute atomic E-state index is 0.384. The Hall–Kier alpha value is -0.0400. The second-order valence-corrected chi connectivity index (χ2v) is 4.48. The van der Waals surface area contributed by atoms with Gasteiger partial charge in [0.25, 0.3) is 0 Å². The zero-order valence-corrected chi connectivity index (χ0v) is 8.28. The van der Waals surface area contributed by atoms with Gasteiger partial charge >= 0.3 is 0 Å². The SMILES string of the molecule is CCCC1C(C)CNC1(C)C. The molecule has 1 nitrogen and oxygen atoms in total. The molecule has 1 heteroatoms. The first kappa shape index (κ1) is 9.05. The van der Waals surface area contributed by atoms with E-state index in [0.717, 1.165) is 11.8 Å². The molecule has 0 spiro atoms. The van der Waals surface area contributed by atoms with Gasteiger partial charge in [-0.2, -0.15) is 0 Å². The Morgan fingerprint density at radius 1 is 1.45 bits per heavy atom. The molecule has 1 heterocycles. The molecule has 0 aliphatic carbocycles. The van der Waals surface area contributed by atoms with Crippen molar-refractivity contribution in [2.24, 2.45) is 11.8 Å². The van der Waals surface area contributed by atoms with E-state index in [0.29, 0.717) is 5.54 Å². The summed E-state index contributed by atoms with van der Waals surface area (Å²) in [4.78, 5) is 0. The quantitative estimate of drug-likeness (QED) is 0.645. The fraction of sp³-hybridized carbons (Fsp3) is 1.00. The lowest BCUT2D eigenvalue weighted by Crippen LogP contribution is -2.38. The molecule has 2 atom stereocenters. The molecule has 1 saturated heterocycles. The van der Waals surface area contributed by atoms with Crippen LogP contribution in [-0.4, -0.2) is 12.1 Å². The average Bonchev–Trinajstić information content (AvgIpc) is 2.16. The second-order valence-electron chi connectivity index (χ2n) is 4.48. The first-order valence-electron chi connectivity index (χ1n) is 4.83. The fourth-order valence-corrected chi connectivity index (χ4v) is 2.37. The van der Waals surface area contributed by atoms with E-state index in [2.05, 4.69) is 33.0 Å². The highest BCUT2D eigenvalue weighted by Crippen LogP contribution is 2.33. The summed E-state index contributed by atoms with van der Waals surface area (Å²) in [5.41, 5.74) is 0.384. The third-order valence-corrected chi connectivity index (χ3v) is 3.09. The summed E-state index contributed by atoms with van der Waals surface area (Å²) < 4.78 is 0. The van der Waals surface area contributed by atoms with Crippen LogP contribution < -0.4 is 5.32 Å². The van der Waals surface area contributed by atoms with Crippen molar-refractivity contribution in [1.82, 2.24) is 5.32 Å². The van der Waals surface area contributed by atoms with Gasteiger partial charge < -0.3 is 5.32 Å². The van der Waals surface area contributed by atoms with E-state index in [1.54, 1.807) is 0 Å². The Morgan fingerprint density at radius 3 is 2.45 bits per heavy atom. The van der Waals surface area contributed by atoms with E-state index in [1.807, 2.05) is 0 Å². The van der Waals surface area contributed by atoms with Gasteiger partial charge in [-0.05, 0) is 38.6 Å². The molecule has 1 aliphatic heterocycles. The van der Waals surface area contributed by atoms with E-state index in [1.165, 1.54) is 19.4 Å². The van der Waals surface area contributed by atoms with Crippen molar-refractivity contribution in [1.29, 1.82) is 0 Å². The number of hydrogen-bond acceptors (Lipinski definition) is 1. The van der Waals surface area contributed by atoms with Gasteiger partial charge in [0.1, 0.15) is 0 Å². The van der Waals surface area contributed by atoms with Crippen LogP contribution in [0.2, 0.25) is 0 Å². The van der Waals surface area contributed by atoms with E-state index >= 15 is 0 Å². The first-order valence-corrected chi connectivity index (χ1v) is 4.83. The molecule has 0 aromatic heterocycles. The third-order valence-electron chi connectivity index (χ3n) is 3.09. The molecule has 66 valence electrons. The molecular formula is C10H21N. The van der Waals surface area contributed by atoms with Crippen molar-refractivity contribution in [2.45, 2.75) is 46.1 Å². The van der Waals surface area contributed by atoms with Gasteiger partial charge in [-0.1, -0.05) is 20.3 Å². The monoisotopic (exact) mass is 155 g/mol. The van der Waals surface area contributed by atoms with Crippen molar-refractivity contribution in [2.75, 3.05) is 6.54 Å².